The molecular formula is C111H88BrF2N5O4P4Pd. The molecule has 2 aromatic heterocycles. The van der Waals surface area contributed by atoms with Gasteiger partial charge in [-0.3, -0.25) is 9.59 Å². The molecule has 0 saturated heterocycles. The van der Waals surface area contributed by atoms with E-state index in [-0.39, 0.29) is 50.1 Å². The van der Waals surface area contributed by atoms with Gasteiger partial charge in [0.1, 0.15) is 47.7 Å². The topological polar surface area (TPSA) is 154 Å². The van der Waals surface area contributed by atoms with Crippen LogP contribution in [0.1, 0.15) is 37.7 Å². The Morgan fingerprint density at radius 3 is 0.727 bits per heavy atom. The summed E-state index contributed by atoms with van der Waals surface area (Å²) < 4.78 is 39.0. The molecule has 0 aliphatic rings. The maximum absolute atomic E-state index is 13.2. The number of primary amides is 2. The molecule has 2 amide bonds. The number of nitrogens with two attached hydrogens (primary N) is 2. The number of hydrogen-bond acceptors (Lipinski definition) is 7. The van der Waals surface area contributed by atoms with Gasteiger partial charge in [0.25, 0.3) is 11.8 Å². The number of halogens is 3. The summed E-state index contributed by atoms with van der Waals surface area (Å²) in [7, 11) is -1.78. The van der Waals surface area contributed by atoms with Crippen molar-refractivity contribution in [2.75, 3.05) is 0 Å². The molecule has 0 aliphatic heterocycles. The summed E-state index contributed by atoms with van der Waals surface area (Å²) in [6.07, 6.45) is 2.86. The van der Waals surface area contributed by atoms with Crippen molar-refractivity contribution in [3.8, 4) is 39.8 Å². The van der Waals surface area contributed by atoms with Crippen molar-refractivity contribution in [1.82, 2.24) is 9.97 Å². The Kier molecular flexibility index (Phi) is 36.6. The number of carbonyl (C=O) groups is 2. The number of ether oxygens (including phenoxy) is 2. The van der Waals surface area contributed by atoms with Crippen LogP contribution in [0, 0.1) is 23.0 Å². The van der Waals surface area contributed by atoms with Crippen molar-refractivity contribution in [2.24, 2.45) is 11.5 Å². The smallest absolute Gasteiger partial charge is 0.267 e. The molecule has 18 rings (SSSR count). The first kappa shape index (κ1) is 93.7. The summed E-state index contributed by atoms with van der Waals surface area (Å²) in [5.74, 6) is -1.11. The fraction of sp³-hybridized carbons (Fsp3) is 0.0180. The summed E-state index contributed by atoms with van der Waals surface area (Å²) >= 11 is 3.42. The van der Waals surface area contributed by atoms with Crippen molar-refractivity contribution < 1.29 is 48.3 Å². The number of benzene rings is 16. The van der Waals surface area contributed by atoms with Crippen LogP contribution in [0.3, 0.4) is 0 Å². The Morgan fingerprint density at radius 2 is 0.516 bits per heavy atom. The number of aromatic nitrogens is 2. The number of hydrogen-bond donors (Lipinski definition) is 2. The third kappa shape index (κ3) is 27.8. The van der Waals surface area contributed by atoms with E-state index in [9.17, 15) is 18.4 Å². The van der Waals surface area contributed by atoms with E-state index < -0.39 is 43.5 Å². The number of pyridine rings is 2. The molecule has 0 unspecified atom stereocenters. The monoisotopic (exact) mass is 1900 g/mol. The second kappa shape index (κ2) is 50.1. The Labute approximate surface area is 774 Å². The van der Waals surface area contributed by atoms with Crippen LogP contribution < -0.4 is 84.6 Å². The minimum Gasteiger partial charge on any atom is -0.487 e. The van der Waals surface area contributed by atoms with Gasteiger partial charge in [-0.05, 0) is 178 Å². The SMILES string of the molecule is N#Cc1cccc(COc2cnc(C(N)=O)cc2-c2ccc(F)cc2)c1.NC(=O)c1cc(-c2ccc(F)cc2)c(OCc2cccc(Br)c2)cn1.[Pd].c1ccc(P(c2ccccc2)c2ccccc2)cc1.c1ccc(P(c2ccccc2)c2ccccc2)cc1.c1ccc(P(c2ccccc2)c2ccccc2)cc1.c1ccc(P(c2ccccc2)c2ccccc2)cc1. The first-order valence-electron chi connectivity index (χ1n) is 40.8. The molecule has 18 aromatic rings. The molecule has 0 atom stereocenters. The van der Waals surface area contributed by atoms with Crippen LogP contribution in [0.15, 0.2) is 490 Å². The Balaban J connectivity index is 0.000000140. The quantitative estimate of drug-likeness (QED) is 0.0506. The van der Waals surface area contributed by atoms with Gasteiger partial charge >= 0.3 is 0 Å². The van der Waals surface area contributed by atoms with Crippen molar-refractivity contribution in [3.05, 3.63) is 530 Å². The average Bonchev–Trinajstić information content (AvgIpc) is 0.814. The molecule has 0 radical (unpaired) electrons. The summed E-state index contributed by atoms with van der Waals surface area (Å²) in [6.45, 7) is 0.534. The Morgan fingerprint density at radius 1 is 0.297 bits per heavy atom. The molecule has 17 heteroatoms. The Bertz CT molecular complexity index is 5590. The standard InChI is InChI=1S/C20H14FN3O2.C19H14BrFN2O2.4C18H15P.Pd/c21-16-6-4-15(5-7-16)17-9-18(20(23)25)24-11-19(17)26-12-14-3-1-2-13(8-14)10-22;20-14-3-1-2-12(8-14)11-25-18-10-23-17(19(22)24)9-16(18)13-4-6-15(21)7-5-13;4*1-4-10-16(11-5-1)19(17-12-6-2-7-13-17)18-14-8-3-9-15-18;/h1-9,11H,12H2,(H2,23,25);1-10H,11H2,(H2,22,24);4*1-15H;. The van der Waals surface area contributed by atoms with Gasteiger partial charge in [-0.15, -0.1) is 0 Å². The van der Waals surface area contributed by atoms with Crippen LogP contribution in [0.2, 0.25) is 0 Å². The molecule has 128 heavy (non-hydrogen) atoms. The van der Waals surface area contributed by atoms with Crippen LogP contribution in [-0.4, -0.2) is 21.8 Å². The second-order valence-corrected chi connectivity index (χ2v) is 38.1. The van der Waals surface area contributed by atoms with Crippen molar-refractivity contribution >= 4 is 123 Å². The zero-order valence-corrected chi connectivity index (χ0v) is 76.2. The molecule has 16 aromatic carbocycles. The normalized spacial score (nSPS) is 10.4. The van der Waals surface area contributed by atoms with Crippen LogP contribution >= 0.6 is 47.6 Å². The third-order valence-electron chi connectivity index (χ3n) is 19.5. The van der Waals surface area contributed by atoms with Gasteiger partial charge in [0.15, 0.2) is 0 Å². The molecule has 4 N–H and O–H groups in total. The van der Waals surface area contributed by atoms with E-state index in [0.717, 1.165) is 15.6 Å². The summed E-state index contributed by atoms with van der Waals surface area (Å²) in [5, 5.41) is 25.7. The third-order valence-corrected chi connectivity index (χ3v) is 29.7. The van der Waals surface area contributed by atoms with Crippen LogP contribution in [0.4, 0.5) is 8.78 Å². The maximum atomic E-state index is 13.2. The first-order chi connectivity index (χ1) is 62.4. The molecule has 0 aliphatic carbocycles. The summed E-state index contributed by atoms with van der Waals surface area (Å²) in [6, 6.07) is 161. The van der Waals surface area contributed by atoms with Gasteiger partial charge in [0.05, 0.1) is 24.0 Å². The summed E-state index contributed by atoms with van der Waals surface area (Å²) in [5.41, 5.74) is 15.7. The van der Waals surface area contributed by atoms with Crippen LogP contribution in [-0.2, 0) is 33.6 Å². The molecular weight excluding hydrogens is 1820 g/mol. The molecule has 0 saturated carbocycles. The van der Waals surface area contributed by atoms with E-state index in [1.165, 1.54) is 106 Å². The van der Waals surface area contributed by atoms with Crippen molar-refractivity contribution in [2.45, 2.75) is 13.2 Å². The predicted molar refractivity (Wildman–Crippen MR) is 531 cm³/mol. The number of carbonyl (C=O) groups excluding carboxylic acids is 2. The van der Waals surface area contributed by atoms with Gasteiger partial charge in [-0.2, -0.15) is 5.26 Å². The Hall–Kier alpha value is -13.4. The van der Waals surface area contributed by atoms with E-state index in [2.05, 4.69) is 396 Å². The molecule has 0 spiro atoms. The van der Waals surface area contributed by atoms with Crippen molar-refractivity contribution in [1.29, 1.82) is 5.26 Å². The molecule has 0 fully saturated rings. The van der Waals surface area contributed by atoms with Crippen LogP contribution in [0.5, 0.6) is 11.5 Å². The zero-order valence-electron chi connectivity index (χ0n) is 69.5. The van der Waals surface area contributed by atoms with E-state index >= 15 is 0 Å². The maximum Gasteiger partial charge on any atom is 0.267 e. The average molecular weight is 1900 g/mol. The largest absolute Gasteiger partial charge is 0.487 e. The first-order valence-corrected chi connectivity index (χ1v) is 47.0. The number of rotatable bonds is 22. The molecule has 2 heterocycles. The predicted octanol–water partition coefficient (Wildman–Crippen LogP) is 21.5. The zero-order chi connectivity index (χ0) is 88.0. The number of nitrogens with zero attached hydrogens (tertiary/aromatic N) is 3. The van der Waals surface area contributed by atoms with Gasteiger partial charge in [0.2, 0.25) is 0 Å². The fourth-order valence-corrected chi connectivity index (χ4v) is 23.2. The molecule has 9 nitrogen and oxygen atoms in total. The van der Waals surface area contributed by atoms with Crippen molar-refractivity contribution in [3.63, 3.8) is 0 Å². The van der Waals surface area contributed by atoms with E-state index in [1.54, 1.807) is 48.5 Å². The van der Waals surface area contributed by atoms with Gasteiger partial charge < -0.3 is 20.9 Å². The molecule has 0 bridgehead atoms. The fourth-order valence-electron chi connectivity index (χ4n) is 13.5. The van der Waals surface area contributed by atoms with Gasteiger partial charge in [0, 0.05) is 36.0 Å². The minimum absolute atomic E-state index is 0. The van der Waals surface area contributed by atoms with Gasteiger partial charge in [-0.25, -0.2) is 18.7 Å². The van der Waals surface area contributed by atoms with E-state index in [0.29, 0.717) is 45.9 Å². The van der Waals surface area contributed by atoms with E-state index in [4.69, 9.17) is 26.2 Å². The second-order valence-electron chi connectivity index (χ2n) is 28.3. The number of amides is 2. The minimum atomic E-state index is -0.665. The molecule has 632 valence electrons. The summed E-state index contributed by atoms with van der Waals surface area (Å²) in [4.78, 5) is 30.9. The van der Waals surface area contributed by atoms with Crippen LogP contribution in [0.25, 0.3) is 22.3 Å². The number of nitriles is 1. The van der Waals surface area contributed by atoms with Gasteiger partial charge in [-0.1, -0.05) is 428 Å². The van der Waals surface area contributed by atoms with E-state index in [1.807, 2.05) is 30.3 Å².